The van der Waals surface area contributed by atoms with Crippen LogP contribution in [-0.4, -0.2) is 34.8 Å². The largest absolute Gasteiger partial charge is 0.399 e. The lowest BCUT2D eigenvalue weighted by Crippen LogP contribution is -2.30. The van der Waals surface area contributed by atoms with Crippen molar-refractivity contribution in [3.05, 3.63) is 82.6 Å². The summed E-state index contributed by atoms with van der Waals surface area (Å²) in [5, 5.41) is 0. The van der Waals surface area contributed by atoms with Gasteiger partial charge in [-0.25, -0.2) is 23.4 Å². The molecule has 7 nitrogen and oxygen atoms in total. The quantitative estimate of drug-likeness (QED) is 0.435. The number of nitrogens with two attached hydrogens (primary N) is 1. The van der Waals surface area contributed by atoms with E-state index in [0.29, 0.717) is 18.1 Å². The zero-order valence-corrected chi connectivity index (χ0v) is 19.7. The monoisotopic (exact) mass is 477 g/mol. The maximum absolute atomic E-state index is 12.9. The van der Waals surface area contributed by atoms with E-state index in [4.69, 9.17) is 10.7 Å². The summed E-state index contributed by atoms with van der Waals surface area (Å²) in [7, 11) is -3.60. The van der Waals surface area contributed by atoms with E-state index in [2.05, 4.69) is 14.9 Å². The molecule has 0 aliphatic carbocycles. The van der Waals surface area contributed by atoms with Crippen molar-refractivity contribution in [3.8, 4) is 11.4 Å². The van der Waals surface area contributed by atoms with Crippen molar-refractivity contribution in [1.29, 1.82) is 0 Å². The molecule has 0 amide bonds. The molecule has 0 bridgehead atoms. The summed E-state index contributed by atoms with van der Waals surface area (Å²) in [6.45, 7) is 4.12. The number of hydrogen-bond donors (Lipinski definition) is 1. The highest BCUT2D eigenvalue weighted by Gasteiger charge is 2.24. The predicted octanol–water partition coefficient (Wildman–Crippen LogP) is 3.88. The lowest BCUT2D eigenvalue weighted by molar-refractivity contribution is 0.245. The van der Waals surface area contributed by atoms with Gasteiger partial charge >= 0.3 is 0 Å². The van der Waals surface area contributed by atoms with Gasteiger partial charge in [-0.3, -0.25) is 4.90 Å². The third-order valence-electron chi connectivity index (χ3n) is 5.65. The Balaban J connectivity index is 1.29. The first kappa shape index (κ1) is 21.7. The fourth-order valence-electron chi connectivity index (χ4n) is 3.81. The highest BCUT2D eigenvalue weighted by Crippen LogP contribution is 2.28. The molecule has 0 fully saturated rings. The van der Waals surface area contributed by atoms with E-state index in [1.807, 2.05) is 37.4 Å². The van der Waals surface area contributed by atoms with Crippen LogP contribution in [0.3, 0.4) is 0 Å². The topological polar surface area (TPSA) is 102 Å². The van der Waals surface area contributed by atoms with Crippen molar-refractivity contribution >= 4 is 26.9 Å². The Morgan fingerprint density at radius 3 is 2.55 bits per heavy atom. The summed E-state index contributed by atoms with van der Waals surface area (Å²) in [5.41, 5.74) is 10.6. The van der Waals surface area contributed by atoms with E-state index in [0.717, 1.165) is 46.8 Å². The minimum absolute atomic E-state index is 0.134. The van der Waals surface area contributed by atoms with Crippen LogP contribution in [0.2, 0.25) is 0 Å². The molecule has 0 unspecified atom stereocenters. The normalized spacial score (nSPS) is 14.2. The molecule has 0 radical (unpaired) electrons. The lowest BCUT2D eigenvalue weighted by Gasteiger charge is -2.27. The zero-order chi connectivity index (χ0) is 23.0. The summed E-state index contributed by atoms with van der Waals surface area (Å²) in [6, 6.07) is 14.4. The summed E-state index contributed by atoms with van der Waals surface area (Å²) in [6.07, 6.45) is 4.37. The van der Waals surface area contributed by atoms with Gasteiger partial charge in [-0.1, -0.05) is 17.7 Å². The first-order chi connectivity index (χ1) is 15.9. The number of hydrogen-bond acceptors (Lipinski definition) is 8. The fraction of sp³-hybridized carbons (Fsp3) is 0.208. The van der Waals surface area contributed by atoms with Crippen LogP contribution in [0, 0.1) is 6.92 Å². The molecule has 2 aromatic heterocycles. The second-order valence-corrected chi connectivity index (χ2v) is 11.4. The highest BCUT2D eigenvalue weighted by molar-refractivity contribution is 7.93. The van der Waals surface area contributed by atoms with Gasteiger partial charge in [0.15, 0.2) is 5.82 Å². The number of thiazole rings is 1. The first-order valence-corrected chi connectivity index (χ1v) is 12.9. The Labute approximate surface area is 196 Å². The van der Waals surface area contributed by atoms with Crippen LogP contribution in [0.5, 0.6) is 0 Å². The number of aryl methyl sites for hydroxylation is 1. The van der Waals surface area contributed by atoms with Crippen LogP contribution in [0.1, 0.15) is 21.7 Å². The van der Waals surface area contributed by atoms with Crippen molar-refractivity contribution in [2.75, 3.05) is 12.3 Å². The third-order valence-corrected chi connectivity index (χ3v) is 8.80. The number of aromatic nitrogens is 3. The summed E-state index contributed by atoms with van der Waals surface area (Å²) < 4.78 is 25.9. The van der Waals surface area contributed by atoms with Crippen molar-refractivity contribution < 1.29 is 8.42 Å². The molecule has 9 heteroatoms. The molecule has 0 atom stereocenters. The number of fused-ring (bicyclic) bond motifs is 1. The molecular formula is C24H23N5O2S2. The van der Waals surface area contributed by atoms with Gasteiger partial charge < -0.3 is 5.73 Å². The molecule has 0 saturated carbocycles. The lowest BCUT2D eigenvalue weighted by atomic mass is 10.1. The summed E-state index contributed by atoms with van der Waals surface area (Å²) in [4.78, 5) is 17.0. The Bertz CT molecular complexity index is 1400. The van der Waals surface area contributed by atoms with E-state index in [-0.39, 0.29) is 9.24 Å². The molecule has 0 saturated heterocycles. The Kier molecular flexibility index (Phi) is 5.69. The van der Waals surface area contributed by atoms with E-state index in [1.165, 1.54) is 11.3 Å². The Hall–Kier alpha value is -3.14. The predicted molar refractivity (Wildman–Crippen MR) is 128 cm³/mol. The maximum atomic E-state index is 12.9. The van der Waals surface area contributed by atoms with Gasteiger partial charge in [-0.15, -0.1) is 11.3 Å². The van der Waals surface area contributed by atoms with Gasteiger partial charge in [0.25, 0.3) is 0 Å². The highest BCUT2D eigenvalue weighted by atomic mass is 32.2. The average molecular weight is 478 g/mol. The molecule has 4 aromatic rings. The second-order valence-electron chi connectivity index (χ2n) is 8.16. The van der Waals surface area contributed by atoms with Crippen LogP contribution < -0.4 is 5.73 Å². The van der Waals surface area contributed by atoms with Crippen molar-refractivity contribution in [2.24, 2.45) is 0 Å². The van der Waals surface area contributed by atoms with Crippen molar-refractivity contribution in [3.63, 3.8) is 0 Å². The number of nitrogens with zero attached hydrogens (tertiary/aromatic N) is 4. The molecule has 0 spiro atoms. The number of sulfone groups is 1. The van der Waals surface area contributed by atoms with Crippen LogP contribution in [-0.2, 0) is 29.3 Å². The minimum atomic E-state index is -3.60. The fourth-order valence-corrected chi connectivity index (χ4v) is 6.42. The number of anilines is 1. The average Bonchev–Trinajstić information content (AvgIpc) is 3.29. The van der Waals surface area contributed by atoms with Gasteiger partial charge in [0.2, 0.25) is 14.2 Å². The molecular weight excluding hydrogens is 454 g/mol. The van der Waals surface area contributed by atoms with E-state index in [9.17, 15) is 8.42 Å². The summed E-state index contributed by atoms with van der Waals surface area (Å²) in [5.74, 6) is 0.704. The third kappa shape index (κ3) is 4.52. The number of benzene rings is 2. The van der Waals surface area contributed by atoms with Gasteiger partial charge in [0, 0.05) is 60.1 Å². The molecule has 33 heavy (non-hydrogen) atoms. The molecule has 1 aliphatic heterocycles. The zero-order valence-electron chi connectivity index (χ0n) is 18.1. The number of nitrogen functional groups attached to an aromatic ring is 1. The molecule has 1 aliphatic rings. The van der Waals surface area contributed by atoms with Crippen LogP contribution in [0.4, 0.5) is 5.69 Å². The first-order valence-electron chi connectivity index (χ1n) is 10.6. The van der Waals surface area contributed by atoms with Gasteiger partial charge in [0.1, 0.15) is 0 Å². The van der Waals surface area contributed by atoms with Crippen LogP contribution in [0.15, 0.2) is 70.2 Å². The Morgan fingerprint density at radius 2 is 1.79 bits per heavy atom. The SMILES string of the molecule is Cc1ccc(S(=O)(=O)c2ncc(CN3CCc4nc(-c5ccc(N)cc5)ncc4C3)s2)cc1. The van der Waals surface area contributed by atoms with Gasteiger partial charge in [0.05, 0.1) is 10.6 Å². The van der Waals surface area contributed by atoms with Crippen molar-refractivity contribution in [1.82, 2.24) is 19.9 Å². The smallest absolute Gasteiger partial charge is 0.233 e. The van der Waals surface area contributed by atoms with Crippen molar-refractivity contribution in [2.45, 2.75) is 35.7 Å². The van der Waals surface area contributed by atoms with E-state index >= 15 is 0 Å². The summed E-state index contributed by atoms with van der Waals surface area (Å²) >= 11 is 1.23. The van der Waals surface area contributed by atoms with E-state index < -0.39 is 9.84 Å². The maximum Gasteiger partial charge on any atom is 0.233 e. The standard InChI is InChI=1S/C24H23N5O2S2/c1-16-2-8-21(9-3-16)33(30,31)24-27-13-20(32-24)15-29-11-10-22-18(14-29)12-26-23(28-22)17-4-6-19(25)7-5-17/h2-9,12-13H,10-11,14-15,25H2,1H3. The van der Waals surface area contributed by atoms with Crippen LogP contribution >= 0.6 is 11.3 Å². The molecule has 3 heterocycles. The minimum Gasteiger partial charge on any atom is -0.399 e. The Morgan fingerprint density at radius 1 is 1.03 bits per heavy atom. The molecule has 168 valence electrons. The molecule has 2 aromatic carbocycles. The second kappa shape index (κ2) is 8.66. The van der Waals surface area contributed by atoms with Crippen LogP contribution in [0.25, 0.3) is 11.4 Å². The molecule has 2 N–H and O–H groups in total. The van der Waals surface area contributed by atoms with E-state index in [1.54, 1.807) is 30.5 Å². The molecule has 5 rings (SSSR count). The number of rotatable bonds is 5. The van der Waals surface area contributed by atoms with Gasteiger partial charge in [-0.05, 0) is 43.3 Å². The van der Waals surface area contributed by atoms with Gasteiger partial charge in [-0.2, -0.15) is 0 Å².